The van der Waals surface area contributed by atoms with E-state index in [1.807, 2.05) is 23.1 Å². The summed E-state index contributed by atoms with van der Waals surface area (Å²) < 4.78 is 34.7. The Hall–Kier alpha value is -3.93. The number of hydrogen-bond donors (Lipinski definition) is 2. The smallest absolute Gasteiger partial charge is 0.264 e. The zero-order valence-electron chi connectivity index (χ0n) is 26.8. The van der Waals surface area contributed by atoms with E-state index < -0.39 is 6.43 Å². The highest BCUT2D eigenvalue weighted by molar-refractivity contribution is 5.82. The summed E-state index contributed by atoms with van der Waals surface area (Å²) in [5.74, 6) is 1.79. The number of aromatic nitrogens is 3. The summed E-state index contributed by atoms with van der Waals surface area (Å²) in [6.07, 6.45) is 2.18. The van der Waals surface area contributed by atoms with Gasteiger partial charge in [-0.1, -0.05) is 25.1 Å². The van der Waals surface area contributed by atoms with Gasteiger partial charge in [-0.05, 0) is 71.7 Å². The van der Waals surface area contributed by atoms with Crippen molar-refractivity contribution in [3.8, 4) is 11.6 Å². The number of H-pyrrole nitrogens is 1. The molecule has 47 heavy (non-hydrogen) atoms. The molecule has 0 unspecified atom stereocenters. The van der Waals surface area contributed by atoms with Crippen LogP contribution in [0.25, 0.3) is 11.0 Å². The lowest BCUT2D eigenvalue weighted by atomic mass is 9.87. The quantitative estimate of drug-likeness (QED) is 0.215. The summed E-state index contributed by atoms with van der Waals surface area (Å²) in [6, 6.07) is 13.2. The number of alkyl halides is 2. The van der Waals surface area contributed by atoms with E-state index in [1.54, 1.807) is 6.07 Å². The van der Waals surface area contributed by atoms with Crippen LogP contribution in [0.3, 0.4) is 0 Å². The van der Waals surface area contributed by atoms with Crippen molar-refractivity contribution in [2.45, 2.75) is 64.0 Å². The Balaban J connectivity index is 1.04. The second-order valence-corrected chi connectivity index (χ2v) is 13.1. The van der Waals surface area contributed by atoms with Crippen molar-refractivity contribution in [1.82, 2.24) is 29.7 Å². The van der Waals surface area contributed by atoms with Gasteiger partial charge in [-0.2, -0.15) is 0 Å². The minimum absolute atomic E-state index is 0.00388. The van der Waals surface area contributed by atoms with Gasteiger partial charge >= 0.3 is 0 Å². The van der Waals surface area contributed by atoms with Gasteiger partial charge in [0.15, 0.2) is 0 Å². The van der Waals surface area contributed by atoms with Crippen LogP contribution < -0.4 is 4.74 Å². The molecule has 0 spiro atoms. The number of benzene rings is 2. The van der Waals surface area contributed by atoms with Gasteiger partial charge in [0.2, 0.25) is 11.8 Å². The highest BCUT2D eigenvalue weighted by Crippen LogP contribution is 2.42. The Morgan fingerprint density at radius 3 is 2.62 bits per heavy atom. The van der Waals surface area contributed by atoms with Crippen LogP contribution >= 0.6 is 0 Å². The standard InChI is InChI=1S/C36H42F2N6O3/c1-2-24-20-44(33(46)16-23-3-4-26(30(15-23)34(37)38)19-43-11-9-42(10-12-43)13-14-45)21-27-17-28(7-8-29(24)27)47-36-31-18-32(25-5-6-25)41-35(31)39-22-40-36/h3-4,7-8,15,17-18,22,24-25,34,45H,2,5-6,9-14,16,19-21H2,1H3,(H,39,40,41)/t24-/m0/s1. The average molecular weight is 645 g/mol. The van der Waals surface area contributed by atoms with E-state index in [2.05, 4.69) is 43.8 Å². The first-order valence-electron chi connectivity index (χ1n) is 16.8. The van der Waals surface area contributed by atoms with Gasteiger partial charge in [0.1, 0.15) is 17.7 Å². The van der Waals surface area contributed by atoms with Crippen LogP contribution in [-0.2, 0) is 24.3 Å². The van der Waals surface area contributed by atoms with E-state index in [0.717, 1.165) is 49.2 Å². The molecule has 1 saturated heterocycles. The maximum absolute atomic E-state index is 14.2. The fourth-order valence-corrected chi connectivity index (χ4v) is 7.04. The molecular weight excluding hydrogens is 602 g/mol. The molecule has 2 aliphatic heterocycles. The van der Waals surface area contributed by atoms with E-state index in [1.165, 1.54) is 36.5 Å². The van der Waals surface area contributed by atoms with Crippen molar-refractivity contribution in [3.63, 3.8) is 0 Å². The largest absolute Gasteiger partial charge is 0.438 e. The van der Waals surface area contributed by atoms with Crippen molar-refractivity contribution < 1.29 is 23.4 Å². The molecule has 4 heterocycles. The monoisotopic (exact) mass is 644 g/mol. The third kappa shape index (κ3) is 7.02. The summed E-state index contributed by atoms with van der Waals surface area (Å²) in [4.78, 5) is 32.0. The number of halogens is 2. The number of hydrogen-bond acceptors (Lipinski definition) is 7. The van der Waals surface area contributed by atoms with Gasteiger partial charge in [-0.25, -0.2) is 18.7 Å². The molecule has 2 N–H and O–H groups in total. The number of ether oxygens (including phenoxy) is 1. The Morgan fingerprint density at radius 1 is 1.06 bits per heavy atom. The molecule has 2 aromatic carbocycles. The number of aromatic amines is 1. The summed E-state index contributed by atoms with van der Waals surface area (Å²) >= 11 is 0. The molecule has 1 atom stereocenters. The number of aliphatic hydroxyl groups is 1. The van der Waals surface area contributed by atoms with E-state index in [0.29, 0.717) is 54.9 Å². The van der Waals surface area contributed by atoms with E-state index in [4.69, 9.17) is 4.74 Å². The van der Waals surface area contributed by atoms with Gasteiger partial charge in [-0.3, -0.25) is 14.6 Å². The van der Waals surface area contributed by atoms with Crippen molar-refractivity contribution in [2.24, 2.45) is 0 Å². The first-order valence-corrected chi connectivity index (χ1v) is 16.8. The van der Waals surface area contributed by atoms with Crippen molar-refractivity contribution in [3.05, 3.63) is 82.3 Å². The van der Waals surface area contributed by atoms with Crippen molar-refractivity contribution >= 4 is 16.9 Å². The second-order valence-electron chi connectivity index (χ2n) is 13.1. The summed E-state index contributed by atoms with van der Waals surface area (Å²) in [5.41, 5.74) is 5.35. The number of amides is 1. The average Bonchev–Trinajstić information content (AvgIpc) is 3.84. The first kappa shape index (κ1) is 31.7. The fourth-order valence-electron chi connectivity index (χ4n) is 7.04. The molecule has 0 bridgehead atoms. The maximum Gasteiger partial charge on any atom is 0.264 e. The molecule has 3 aliphatic rings. The molecule has 11 heteroatoms. The van der Waals surface area contributed by atoms with E-state index >= 15 is 0 Å². The van der Waals surface area contributed by atoms with Crippen LogP contribution in [0.1, 0.15) is 78.0 Å². The minimum Gasteiger partial charge on any atom is -0.438 e. The number of carbonyl (C=O) groups excluding carboxylic acids is 1. The Labute approximate surface area is 273 Å². The molecule has 1 amide bonds. The van der Waals surface area contributed by atoms with Crippen LogP contribution in [0.2, 0.25) is 0 Å². The SMILES string of the molecule is CC[C@H]1CN(C(=O)Cc2ccc(CN3CCN(CCO)CC3)c(C(F)F)c2)Cc2cc(Oc3ncnc4[nH]c(C5CC5)cc34)ccc21. The van der Waals surface area contributed by atoms with Crippen LogP contribution in [0, 0.1) is 0 Å². The topological polar surface area (TPSA) is 97.8 Å². The minimum atomic E-state index is -2.62. The van der Waals surface area contributed by atoms with Gasteiger partial charge in [-0.15, -0.1) is 0 Å². The Kier molecular flexibility index (Phi) is 9.20. The predicted molar refractivity (Wildman–Crippen MR) is 175 cm³/mol. The third-order valence-electron chi connectivity index (χ3n) is 9.92. The molecule has 4 aromatic rings. The fraction of sp³-hybridized carbons (Fsp3) is 0.472. The molecule has 9 nitrogen and oxygen atoms in total. The lowest BCUT2D eigenvalue weighted by Crippen LogP contribution is -2.46. The van der Waals surface area contributed by atoms with Crippen LogP contribution in [0.4, 0.5) is 8.78 Å². The van der Waals surface area contributed by atoms with Crippen LogP contribution in [0.15, 0.2) is 48.8 Å². The number of nitrogens with one attached hydrogen (secondary N) is 1. The first-order chi connectivity index (χ1) is 22.9. The molecule has 248 valence electrons. The summed E-state index contributed by atoms with van der Waals surface area (Å²) in [7, 11) is 0. The number of β-amino-alcohol motifs (C(OH)–C–C–N with tert-alkyl or cyclic N) is 1. The highest BCUT2D eigenvalue weighted by atomic mass is 19.3. The lowest BCUT2D eigenvalue weighted by Gasteiger charge is -2.35. The Bertz CT molecular complexity index is 1730. The van der Waals surface area contributed by atoms with Gasteiger partial charge in [0, 0.05) is 69.5 Å². The van der Waals surface area contributed by atoms with Gasteiger partial charge in [0.05, 0.1) is 18.4 Å². The van der Waals surface area contributed by atoms with Crippen molar-refractivity contribution in [1.29, 1.82) is 0 Å². The molecule has 2 fully saturated rings. The lowest BCUT2D eigenvalue weighted by molar-refractivity contribution is -0.131. The maximum atomic E-state index is 14.2. The number of rotatable bonds is 11. The third-order valence-corrected chi connectivity index (χ3v) is 9.92. The number of fused-ring (bicyclic) bond motifs is 2. The molecule has 7 rings (SSSR count). The molecule has 1 aliphatic carbocycles. The van der Waals surface area contributed by atoms with Crippen molar-refractivity contribution in [2.75, 3.05) is 45.9 Å². The van der Waals surface area contributed by atoms with Crippen LogP contribution in [0.5, 0.6) is 11.6 Å². The normalized spacial score (nSPS) is 19.0. The van der Waals surface area contributed by atoms with E-state index in [9.17, 15) is 18.7 Å². The second kappa shape index (κ2) is 13.7. The number of nitrogens with zero attached hydrogens (tertiary/aromatic N) is 5. The van der Waals surface area contributed by atoms with Gasteiger partial charge in [0.25, 0.3) is 6.43 Å². The van der Waals surface area contributed by atoms with E-state index in [-0.39, 0.29) is 30.4 Å². The predicted octanol–water partition coefficient (Wildman–Crippen LogP) is 5.75. The summed E-state index contributed by atoms with van der Waals surface area (Å²) in [5, 5.41) is 10.0. The zero-order valence-corrected chi connectivity index (χ0v) is 26.8. The zero-order chi connectivity index (χ0) is 32.5. The van der Waals surface area contributed by atoms with Crippen LogP contribution in [-0.4, -0.2) is 86.5 Å². The number of piperazine rings is 1. The molecule has 1 saturated carbocycles. The Morgan fingerprint density at radius 2 is 1.87 bits per heavy atom. The highest BCUT2D eigenvalue weighted by Gasteiger charge is 2.29. The van der Waals surface area contributed by atoms with Gasteiger partial charge < -0.3 is 19.7 Å². The summed E-state index contributed by atoms with van der Waals surface area (Å²) in [6.45, 7) is 7.48. The number of carbonyl (C=O) groups is 1. The molecule has 0 radical (unpaired) electrons. The molecule has 2 aromatic heterocycles. The number of aliphatic hydroxyl groups excluding tert-OH is 1. The molecular formula is C36H42F2N6O3.